The van der Waals surface area contributed by atoms with E-state index in [-0.39, 0.29) is 5.91 Å². The highest BCUT2D eigenvalue weighted by molar-refractivity contribution is 6.34. The number of carbonyl (C=O) groups excluding carboxylic acids is 1. The van der Waals surface area contributed by atoms with Gasteiger partial charge in [-0.1, -0.05) is 24.6 Å². The predicted octanol–water partition coefficient (Wildman–Crippen LogP) is 2.21. The lowest BCUT2D eigenvalue weighted by Gasteiger charge is -2.27. The van der Waals surface area contributed by atoms with Crippen molar-refractivity contribution in [1.82, 2.24) is 0 Å². The Balaban J connectivity index is 1.98. The number of rotatable bonds is 3. The summed E-state index contributed by atoms with van der Waals surface area (Å²) in [7, 11) is 0. The van der Waals surface area contributed by atoms with Crippen molar-refractivity contribution in [2.45, 2.75) is 33.6 Å². The lowest BCUT2D eigenvalue weighted by atomic mass is 10.0. The van der Waals surface area contributed by atoms with Gasteiger partial charge in [0.2, 0.25) is 0 Å². The molecular weight excluding hydrogens is 272 g/mol. The monoisotopic (exact) mass is 295 g/mol. The fraction of sp³-hybridized carbons (Fsp3) is 0.562. The first kappa shape index (κ1) is 15.3. The van der Waals surface area contributed by atoms with Crippen molar-refractivity contribution in [2.24, 2.45) is 5.92 Å². The van der Waals surface area contributed by atoms with Gasteiger partial charge in [0.15, 0.2) is 6.54 Å². The second-order valence-corrected chi connectivity index (χ2v) is 6.52. The summed E-state index contributed by atoms with van der Waals surface area (Å²) < 4.78 is 0. The second kappa shape index (κ2) is 6.59. The Morgan fingerprint density at radius 2 is 2.20 bits per heavy atom. The van der Waals surface area contributed by atoms with Crippen molar-refractivity contribution in [3.05, 3.63) is 28.3 Å². The van der Waals surface area contributed by atoms with Gasteiger partial charge in [-0.15, -0.1) is 0 Å². The van der Waals surface area contributed by atoms with E-state index in [1.807, 2.05) is 26.0 Å². The van der Waals surface area contributed by atoms with Crippen LogP contribution in [0.5, 0.6) is 0 Å². The van der Waals surface area contributed by atoms with E-state index < -0.39 is 0 Å². The number of halogens is 1. The van der Waals surface area contributed by atoms with Crippen molar-refractivity contribution in [3.8, 4) is 0 Å². The first-order valence-electron chi connectivity index (χ1n) is 7.36. The van der Waals surface area contributed by atoms with Gasteiger partial charge in [-0.25, -0.2) is 0 Å². The summed E-state index contributed by atoms with van der Waals surface area (Å²) in [6.07, 6.45) is 2.50. The van der Waals surface area contributed by atoms with Crippen LogP contribution >= 0.6 is 11.6 Å². The molecule has 1 aliphatic rings. The van der Waals surface area contributed by atoms with E-state index in [2.05, 4.69) is 12.2 Å². The molecule has 4 heteroatoms. The van der Waals surface area contributed by atoms with Gasteiger partial charge >= 0.3 is 0 Å². The van der Waals surface area contributed by atoms with Crippen LogP contribution in [0.15, 0.2) is 12.1 Å². The van der Waals surface area contributed by atoms with Gasteiger partial charge < -0.3 is 10.2 Å². The van der Waals surface area contributed by atoms with E-state index in [0.717, 1.165) is 35.8 Å². The molecule has 1 aromatic carbocycles. The molecule has 2 rings (SSSR count). The minimum absolute atomic E-state index is 0.0583. The van der Waals surface area contributed by atoms with E-state index in [0.29, 0.717) is 11.6 Å². The van der Waals surface area contributed by atoms with Crippen molar-refractivity contribution in [2.75, 3.05) is 25.0 Å². The third-order valence-corrected chi connectivity index (χ3v) is 4.27. The molecule has 1 fully saturated rings. The van der Waals surface area contributed by atoms with E-state index in [9.17, 15) is 4.79 Å². The first-order chi connectivity index (χ1) is 9.45. The van der Waals surface area contributed by atoms with Gasteiger partial charge in [0, 0.05) is 5.92 Å². The normalized spacial score (nSPS) is 22.6. The van der Waals surface area contributed by atoms with E-state index >= 15 is 0 Å². The third kappa shape index (κ3) is 3.97. The van der Waals surface area contributed by atoms with Crippen molar-refractivity contribution >= 4 is 23.2 Å². The summed E-state index contributed by atoms with van der Waals surface area (Å²) in [4.78, 5) is 13.6. The quantitative estimate of drug-likeness (QED) is 0.881. The smallest absolute Gasteiger partial charge is 0.279 e. The molecule has 1 saturated heterocycles. The lowest BCUT2D eigenvalue weighted by Crippen LogP contribution is -3.14. The van der Waals surface area contributed by atoms with Gasteiger partial charge in [0.25, 0.3) is 5.91 Å². The SMILES string of the molecule is Cc1cc(C)c(NC(=O)C[NH+]2CCC[C@H](C)C2)c(Cl)c1. The largest absolute Gasteiger partial charge is 0.327 e. The standard InChI is InChI=1S/C16H23ClN2O/c1-11-5-4-6-19(9-11)10-15(20)18-16-13(3)7-12(2)8-14(16)17/h7-8,11H,4-6,9-10H2,1-3H3,(H,18,20)/p+1/t11-/m0/s1. The van der Waals surface area contributed by atoms with Gasteiger partial charge in [-0.05, 0) is 43.9 Å². The molecule has 1 aliphatic heterocycles. The van der Waals surface area contributed by atoms with Crippen LogP contribution in [-0.2, 0) is 4.79 Å². The Morgan fingerprint density at radius 1 is 1.45 bits per heavy atom. The molecule has 0 saturated carbocycles. The minimum Gasteiger partial charge on any atom is -0.327 e. The van der Waals surface area contributed by atoms with E-state index in [4.69, 9.17) is 11.6 Å². The minimum atomic E-state index is 0.0583. The molecule has 3 nitrogen and oxygen atoms in total. The number of quaternary nitrogens is 1. The first-order valence-corrected chi connectivity index (χ1v) is 7.73. The van der Waals surface area contributed by atoms with E-state index in [1.54, 1.807) is 0 Å². The summed E-state index contributed by atoms with van der Waals surface area (Å²) in [6.45, 7) is 8.96. The Morgan fingerprint density at radius 3 is 2.85 bits per heavy atom. The van der Waals surface area contributed by atoms with Crippen molar-refractivity contribution in [3.63, 3.8) is 0 Å². The molecule has 0 aromatic heterocycles. The Labute approximate surface area is 126 Å². The number of aryl methyl sites for hydroxylation is 2. The molecule has 1 heterocycles. The highest BCUT2D eigenvalue weighted by atomic mass is 35.5. The predicted molar refractivity (Wildman–Crippen MR) is 83.5 cm³/mol. The number of hydrogen-bond acceptors (Lipinski definition) is 1. The van der Waals surface area contributed by atoms with Gasteiger partial charge in [0.1, 0.15) is 0 Å². The Bertz CT molecular complexity index is 478. The molecule has 0 radical (unpaired) electrons. The lowest BCUT2D eigenvalue weighted by molar-refractivity contribution is -0.900. The molecule has 0 aliphatic carbocycles. The fourth-order valence-electron chi connectivity index (χ4n) is 3.04. The highest BCUT2D eigenvalue weighted by Gasteiger charge is 2.22. The van der Waals surface area contributed by atoms with Gasteiger partial charge in [-0.2, -0.15) is 0 Å². The van der Waals surface area contributed by atoms with Gasteiger partial charge in [0.05, 0.1) is 23.8 Å². The number of hydrogen-bond donors (Lipinski definition) is 2. The zero-order valence-corrected chi connectivity index (χ0v) is 13.3. The molecule has 0 bridgehead atoms. The molecule has 2 N–H and O–H groups in total. The maximum Gasteiger partial charge on any atom is 0.279 e. The second-order valence-electron chi connectivity index (χ2n) is 6.12. The summed E-state index contributed by atoms with van der Waals surface area (Å²) >= 11 is 6.22. The number of piperidine rings is 1. The summed E-state index contributed by atoms with van der Waals surface area (Å²) in [5, 5.41) is 3.60. The number of anilines is 1. The third-order valence-electron chi connectivity index (χ3n) is 3.97. The molecule has 1 unspecified atom stereocenters. The van der Waals surface area contributed by atoms with Crippen LogP contribution in [0.4, 0.5) is 5.69 Å². The van der Waals surface area contributed by atoms with Crippen molar-refractivity contribution in [1.29, 1.82) is 0 Å². The average molecular weight is 296 g/mol. The highest BCUT2D eigenvalue weighted by Crippen LogP contribution is 2.27. The molecule has 2 atom stereocenters. The van der Waals surface area contributed by atoms with E-state index in [1.165, 1.54) is 17.7 Å². The maximum absolute atomic E-state index is 12.2. The zero-order chi connectivity index (χ0) is 14.7. The van der Waals surface area contributed by atoms with Crippen LogP contribution in [-0.4, -0.2) is 25.5 Å². The Hall–Kier alpha value is -1.06. The summed E-state index contributed by atoms with van der Waals surface area (Å²) in [6, 6.07) is 3.93. The molecule has 20 heavy (non-hydrogen) atoms. The maximum atomic E-state index is 12.2. The number of benzene rings is 1. The molecule has 0 spiro atoms. The van der Waals surface area contributed by atoms with Crippen LogP contribution in [0.25, 0.3) is 0 Å². The fourth-order valence-corrected chi connectivity index (χ4v) is 3.41. The zero-order valence-electron chi connectivity index (χ0n) is 12.6. The molecule has 110 valence electrons. The number of nitrogens with one attached hydrogen (secondary N) is 2. The summed E-state index contributed by atoms with van der Waals surface area (Å²) in [5.41, 5.74) is 2.89. The van der Waals surface area contributed by atoms with Crippen LogP contribution in [0.2, 0.25) is 5.02 Å². The van der Waals surface area contributed by atoms with Crippen molar-refractivity contribution < 1.29 is 9.69 Å². The topological polar surface area (TPSA) is 33.5 Å². The van der Waals surface area contributed by atoms with Crippen LogP contribution in [0.1, 0.15) is 30.9 Å². The molecule has 1 aromatic rings. The van der Waals surface area contributed by atoms with Crippen LogP contribution in [0, 0.1) is 19.8 Å². The molecule has 1 amide bonds. The van der Waals surface area contributed by atoms with Crippen LogP contribution in [0.3, 0.4) is 0 Å². The number of likely N-dealkylation sites (tertiary alicyclic amines) is 1. The van der Waals surface area contributed by atoms with Gasteiger partial charge in [-0.3, -0.25) is 4.79 Å². The number of amides is 1. The molecular formula is C16H24ClN2O+. The number of carbonyl (C=O) groups is 1. The summed E-state index contributed by atoms with van der Waals surface area (Å²) in [5.74, 6) is 0.777. The van der Waals surface area contributed by atoms with Crippen LogP contribution < -0.4 is 10.2 Å². The average Bonchev–Trinajstić information content (AvgIpc) is 2.33. The Kier molecular flexibility index (Phi) is 5.06.